The molecular weight excluding hydrogens is 273 g/mol. The summed E-state index contributed by atoms with van der Waals surface area (Å²) in [6.07, 6.45) is -0.222. The fraction of sp³-hybridized carbons (Fsp3) is 0.583. The Hall–Kier alpha value is -1.86. The number of anilines is 1. The summed E-state index contributed by atoms with van der Waals surface area (Å²) in [5.74, 6) is -0.305. The van der Waals surface area contributed by atoms with Crippen LogP contribution >= 0.6 is 0 Å². The van der Waals surface area contributed by atoms with Crippen LogP contribution in [0.25, 0.3) is 0 Å². The third-order valence-corrected chi connectivity index (χ3v) is 2.99. The molecule has 0 radical (unpaired) electrons. The second-order valence-electron chi connectivity index (χ2n) is 4.80. The molecule has 1 unspecified atom stereocenters. The minimum absolute atomic E-state index is 0.130. The minimum atomic E-state index is -4.38. The SMILES string of the molecule is Cc1cnc(NC2CCCN(CC(F)(F)F)C2=O)nc1. The molecule has 1 fully saturated rings. The molecule has 2 heterocycles. The topological polar surface area (TPSA) is 58.1 Å². The number of carbonyl (C=O) groups excluding carboxylic acids is 1. The summed E-state index contributed by atoms with van der Waals surface area (Å²) in [4.78, 5) is 20.8. The number of aromatic nitrogens is 2. The lowest BCUT2D eigenvalue weighted by molar-refractivity contribution is -0.163. The lowest BCUT2D eigenvalue weighted by Gasteiger charge is -2.33. The van der Waals surface area contributed by atoms with Gasteiger partial charge in [0.2, 0.25) is 11.9 Å². The minimum Gasteiger partial charge on any atom is -0.342 e. The summed E-state index contributed by atoms with van der Waals surface area (Å²) in [5, 5.41) is 2.79. The smallest absolute Gasteiger partial charge is 0.342 e. The van der Waals surface area contributed by atoms with Crippen LogP contribution in [-0.2, 0) is 4.79 Å². The zero-order valence-corrected chi connectivity index (χ0v) is 10.9. The summed E-state index contributed by atoms with van der Waals surface area (Å²) in [7, 11) is 0. The maximum atomic E-state index is 12.4. The van der Waals surface area contributed by atoms with Crippen LogP contribution in [0.4, 0.5) is 19.1 Å². The maximum absolute atomic E-state index is 12.4. The van der Waals surface area contributed by atoms with Crippen molar-refractivity contribution in [2.24, 2.45) is 0 Å². The Morgan fingerprint density at radius 2 is 2.05 bits per heavy atom. The second kappa shape index (κ2) is 5.64. The molecule has 0 aromatic carbocycles. The number of nitrogens with zero attached hydrogens (tertiary/aromatic N) is 3. The van der Waals surface area contributed by atoms with Gasteiger partial charge in [-0.15, -0.1) is 0 Å². The first-order valence-corrected chi connectivity index (χ1v) is 6.26. The lowest BCUT2D eigenvalue weighted by Crippen LogP contribution is -2.50. The number of hydrogen-bond acceptors (Lipinski definition) is 4. The quantitative estimate of drug-likeness (QED) is 0.920. The van der Waals surface area contributed by atoms with Crippen LogP contribution in [0, 0.1) is 6.92 Å². The zero-order valence-electron chi connectivity index (χ0n) is 10.9. The van der Waals surface area contributed by atoms with Gasteiger partial charge in [0.05, 0.1) is 0 Å². The molecule has 0 bridgehead atoms. The predicted molar refractivity (Wildman–Crippen MR) is 66.0 cm³/mol. The number of alkyl halides is 3. The molecule has 20 heavy (non-hydrogen) atoms. The van der Waals surface area contributed by atoms with Crippen LogP contribution in [0.1, 0.15) is 18.4 Å². The van der Waals surface area contributed by atoms with E-state index in [0.717, 1.165) is 10.5 Å². The van der Waals surface area contributed by atoms with Crippen molar-refractivity contribution in [1.82, 2.24) is 14.9 Å². The fourth-order valence-electron chi connectivity index (χ4n) is 2.07. The molecule has 1 aliphatic heterocycles. The van der Waals surface area contributed by atoms with Crippen molar-refractivity contribution in [2.75, 3.05) is 18.4 Å². The number of nitrogens with one attached hydrogen (secondary N) is 1. The lowest BCUT2D eigenvalue weighted by atomic mass is 10.0. The standard InChI is InChI=1S/C12H15F3N4O/c1-8-5-16-11(17-6-8)18-9-3-2-4-19(10(9)20)7-12(13,14)15/h5-6,9H,2-4,7H2,1H3,(H,16,17,18). The Balaban J connectivity index is 2.01. The van der Waals surface area contributed by atoms with Crippen molar-refractivity contribution in [1.29, 1.82) is 0 Å². The van der Waals surface area contributed by atoms with Crippen molar-refractivity contribution in [3.63, 3.8) is 0 Å². The van der Waals surface area contributed by atoms with E-state index in [1.807, 2.05) is 6.92 Å². The zero-order chi connectivity index (χ0) is 14.8. The molecule has 110 valence electrons. The number of likely N-dealkylation sites (tertiary alicyclic amines) is 1. The highest BCUT2D eigenvalue weighted by atomic mass is 19.4. The van der Waals surface area contributed by atoms with Crippen LogP contribution in [0.2, 0.25) is 0 Å². The Morgan fingerprint density at radius 1 is 1.40 bits per heavy atom. The Kier molecular flexibility index (Phi) is 4.10. The van der Waals surface area contributed by atoms with Gasteiger partial charge in [-0.3, -0.25) is 4.79 Å². The van der Waals surface area contributed by atoms with Gasteiger partial charge in [0, 0.05) is 18.9 Å². The van der Waals surface area contributed by atoms with Gasteiger partial charge < -0.3 is 10.2 Å². The first-order chi connectivity index (χ1) is 9.35. The van der Waals surface area contributed by atoms with Crippen LogP contribution in [0.3, 0.4) is 0 Å². The van der Waals surface area contributed by atoms with Crippen molar-refractivity contribution >= 4 is 11.9 Å². The Morgan fingerprint density at radius 3 is 2.65 bits per heavy atom. The molecule has 0 spiro atoms. The van der Waals surface area contributed by atoms with Crippen molar-refractivity contribution < 1.29 is 18.0 Å². The van der Waals surface area contributed by atoms with E-state index in [9.17, 15) is 18.0 Å². The summed E-state index contributed by atoms with van der Waals surface area (Å²) in [5.41, 5.74) is 0.865. The first-order valence-electron chi connectivity index (χ1n) is 6.26. The van der Waals surface area contributed by atoms with E-state index < -0.39 is 24.7 Å². The monoisotopic (exact) mass is 288 g/mol. The summed E-state index contributed by atoms with van der Waals surface area (Å²) >= 11 is 0. The molecule has 1 N–H and O–H groups in total. The largest absolute Gasteiger partial charge is 0.406 e. The van der Waals surface area contributed by atoms with Gasteiger partial charge in [0.15, 0.2) is 0 Å². The highest BCUT2D eigenvalue weighted by Gasteiger charge is 2.37. The first kappa shape index (κ1) is 14.5. The number of hydrogen-bond donors (Lipinski definition) is 1. The number of halogens is 3. The highest BCUT2D eigenvalue weighted by molar-refractivity contribution is 5.85. The third kappa shape index (κ3) is 3.82. The number of piperidine rings is 1. The van der Waals surface area contributed by atoms with Crippen LogP contribution < -0.4 is 5.32 Å². The van der Waals surface area contributed by atoms with E-state index in [1.54, 1.807) is 12.4 Å². The van der Waals surface area contributed by atoms with Gasteiger partial charge in [-0.1, -0.05) is 0 Å². The number of rotatable bonds is 3. The normalized spacial score (nSPS) is 20.1. The van der Waals surface area contributed by atoms with Crippen molar-refractivity contribution in [3.8, 4) is 0 Å². The van der Waals surface area contributed by atoms with Crippen LogP contribution in [-0.4, -0.2) is 46.1 Å². The van der Waals surface area contributed by atoms with Gasteiger partial charge in [0.25, 0.3) is 0 Å². The average molecular weight is 288 g/mol. The number of amides is 1. The van der Waals surface area contributed by atoms with Gasteiger partial charge >= 0.3 is 6.18 Å². The Labute approximate surface area is 114 Å². The van der Waals surface area contributed by atoms with E-state index in [4.69, 9.17) is 0 Å². The van der Waals surface area contributed by atoms with E-state index >= 15 is 0 Å². The number of aryl methyl sites for hydroxylation is 1. The van der Waals surface area contributed by atoms with E-state index in [1.165, 1.54) is 0 Å². The van der Waals surface area contributed by atoms with Gasteiger partial charge in [0.1, 0.15) is 12.6 Å². The van der Waals surface area contributed by atoms with Crippen LogP contribution in [0.5, 0.6) is 0 Å². The predicted octanol–water partition coefficient (Wildman–Crippen LogP) is 1.75. The average Bonchev–Trinajstić information content (AvgIpc) is 2.35. The molecule has 8 heteroatoms. The molecule has 5 nitrogen and oxygen atoms in total. The second-order valence-corrected chi connectivity index (χ2v) is 4.80. The van der Waals surface area contributed by atoms with Crippen LogP contribution in [0.15, 0.2) is 12.4 Å². The number of carbonyl (C=O) groups is 1. The Bertz CT molecular complexity index is 475. The summed E-state index contributed by atoms with van der Waals surface area (Å²) in [6, 6.07) is -0.700. The molecule has 1 aromatic heterocycles. The van der Waals surface area contributed by atoms with Crippen molar-refractivity contribution in [3.05, 3.63) is 18.0 Å². The molecule has 0 aliphatic carbocycles. The third-order valence-electron chi connectivity index (χ3n) is 2.99. The maximum Gasteiger partial charge on any atom is 0.406 e. The molecule has 1 amide bonds. The fourth-order valence-corrected chi connectivity index (χ4v) is 2.07. The molecule has 1 atom stereocenters. The van der Waals surface area contributed by atoms with E-state index in [-0.39, 0.29) is 12.5 Å². The molecule has 1 aromatic rings. The molecule has 1 saturated heterocycles. The molecule has 2 rings (SSSR count). The van der Waals surface area contributed by atoms with Gasteiger partial charge in [-0.25, -0.2) is 9.97 Å². The summed E-state index contributed by atoms with van der Waals surface area (Å²) in [6.45, 7) is 0.741. The van der Waals surface area contributed by atoms with Gasteiger partial charge in [-0.2, -0.15) is 13.2 Å². The van der Waals surface area contributed by atoms with E-state index in [0.29, 0.717) is 12.8 Å². The summed E-state index contributed by atoms with van der Waals surface area (Å²) < 4.78 is 37.1. The molecular formula is C12H15F3N4O. The van der Waals surface area contributed by atoms with Gasteiger partial charge in [-0.05, 0) is 25.3 Å². The molecule has 1 aliphatic rings. The molecule has 0 saturated carbocycles. The highest BCUT2D eigenvalue weighted by Crippen LogP contribution is 2.21. The van der Waals surface area contributed by atoms with Crippen molar-refractivity contribution in [2.45, 2.75) is 32.0 Å². The van der Waals surface area contributed by atoms with E-state index in [2.05, 4.69) is 15.3 Å².